The Labute approximate surface area is 88.4 Å². The zero-order valence-corrected chi connectivity index (χ0v) is 9.01. The van der Waals surface area contributed by atoms with Gasteiger partial charge in [-0.15, -0.1) is 0 Å². The molecular formula is C10H14ClNO2. The number of ether oxygens (including phenoxy) is 1. The Morgan fingerprint density at radius 2 is 2.21 bits per heavy atom. The van der Waals surface area contributed by atoms with Gasteiger partial charge in [0.05, 0.1) is 12.1 Å². The number of halogens is 1. The van der Waals surface area contributed by atoms with Gasteiger partial charge in [-0.3, -0.25) is 0 Å². The lowest BCUT2D eigenvalue weighted by Crippen LogP contribution is -2.17. The summed E-state index contributed by atoms with van der Waals surface area (Å²) in [7, 11) is 1.51. The summed E-state index contributed by atoms with van der Waals surface area (Å²) >= 11 is 5.91. The SMILES string of the molecule is COc1cc(O)c(CC(C)N)cc1Cl. The highest BCUT2D eigenvalue weighted by atomic mass is 35.5. The molecule has 3 nitrogen and oxygen atoms in total. The van der Waals surface area contributed by atoms with Gasteiger partial charge >= 0.3 is 0 Å². The Balaban J connectivity index is 3.02. The number of phenols is 1. The van der Waals surface area contributed by atoms with Gasteiger partial charge < -0.3 is 15.6 Å². The highest BCUT2D eigenvalue weighted by molar-refractivity contribution is 6.32. The van der Waals surface area contributed by atoms with Gasteiger partial charge in [-0.25, -0.2) is 0 Å². The minimum atomic E-state index is -0.00892. The lowest BCUT2D eigenvalue weighted by Gasteiger charge is -2.10. The van der Waals surface area contributed by atoms with Crippen LogP contribution in [-0.2, 0) is 6.42 Å². The number of hydrogen-bond donors (Lipinski definition) is 2. The molecule has 4 heteroatoms. The molecule has 0 aromatic heterocycles. The Kier molecular flexibility index (Phi) is 3.61. The molecule has 0 amide bonds. The second-order valence-electron chi connectivity index (χ2n) is 3.30. The monoisotopic (exact) mass is 215 g/mol. The summed E-state index contributed by atoms with van der Waals surface area (Å²) in [5.41, 5.74) is 6.37. The van der Waals surface area contributed by atoms with Crippen LogP contribution >= 0.6 is 11.6 Å². The minimum Gasteiger partial charge on any atom is -0.508 e. The predicted octanol–water partition coefficient (Wildman–Crippen LogP) is 1.94. The van der Waals surface area contributed by atoms with Crippen LogP contribution in [0.2, 0.25) is 5.02 Å². The molecule has 0 bridgehead atoms. The molecule has 3 N–H and O–H groups in total. The third-order valence-corrected chi connectivity index (χ3v) is 2.19. The van der Waals surface area contributed by atoms with E-state index in [1.54, 1.807) is 6.07 Å². The lowest BCUT2D eigenvalue weighted by atomic mass is 10.1. The normalized spacial score (nSPS) is 12.6. The molecule has 1 rings (SSSR count). The van der Waals surface area contributed by atoms with E-state index in [-0.39, 0.29) is 11.8 Å². The molecule has 0 fully saturated rings. The van der Waals surface area contributed by atoms with Crippen LogP contribution in [0.1, 0.15) is 12.5 Å². The van der Waals surface area contributed by atoms with Crippen molar-refractivity contribution in [2.75, 3.05) is 7.11 Å². The van der Waals surface area contributed by atoms with Gasteiger partial charge in [0.1, 0.15) is 11.5 Å². The van der Waals surface area contributed by atoms with E-state index in [4.69, 9.17) is 22.1 Å². The van der Waals surface area contributed by atoms with Crippen LogP contribution in [-0.4, -0.2) is 18.3 Å². The smallest absolute Gasteiger partial charge is 0.141 e. The van der Waals surface area contributed by atoms with Crippen LogP contribution in [0.25, 0.3) is 0 Å². The van der Waals surface area contributed by atoms with Crippen molar-refractivity contribution in [1.82, 2.24) is 0 Å². The van der Waals surface area contributed by atoms with Crippen molar-refractivity contribution < 1.29 is 9.84 Å². The quantitative estimate of drug-likeness (QED) is 0.810. The van der Waals surface area contributed by atoms with Gasteiger partial charge in [0.25, 0.3) is 0 Å². The molecule has 1 unspecified atom stereocenters. The Bertz CT molecular complexity index is 326. The number of benzene rings is 1. The van der Waals surface area contributed by atoms with Crippen LogP contribution in [0.5, 0.6) is 11.5 Å². The number of aromatic hydroxyl groups is 1. The minimum absolute atomic E-state index is 0.00892. The average molecular weight is 216 g/mol. The van der Waals surface area contributed by atoms with Crippen LogP contribution < -0.4 is 10.5 Å². The maximum atomic E-state index is 9.60. The fourth-order valence-corrected chi connectivity index (χ4v) is 1.51. The topological polar surface area (TPSA) is 55.5 Å². The zero-order valence-electron chi connectivity index (χ0n) is 8.25. The molecule has 0 aliphatic heterocycles. The highest BCUT2D eigenvalue weighted by Gasteiger charge is 2.09. The van der Waals surface area contributed by atoms with Crippen molar-refractivity contribution >= 4 is 11.6 Å². The molecule has 0 heterocycles. The van der Waals surface area contributed by atoms with E-state index < -0.39 is 0 Å². The largest absolute Gasteiger partial charge is 0.508 e. The first-order valence-corrected chi connectivity index (χ1v) is 4.73. The summed E-state index contributed by atoms with van der Waals surface area (Å²) < 4.78 is 4.96. The molecule has 0 radical (unpaired) electrons. The molecule has 0 saturated carbocycles. The summed E-state index contributed by atoms with van der Waals surface area (Å²) in [5.74, 6) is 0.640. The van der Waals surface area contributed by atoms with Crippen LogP contribution in [0.4, 0.5) is 0 Å². The van der Waals surface area contributed by atoms with Gasteiger partial charge in [-0.05, 0) is 25.0 Å². The maximum Gasteiger partial charge on any atom is 0.141 e. The number of hydrogen-bond acceptors (Lipinski definition) is 3. The average Bonchev–Trinajstić information content (AvgIpc) is 2.10. The fraction of sp³-hybridized carbons (Fsp3) is 0.400. The van der Waals surface area contributed by atoms with Crippen LogP contribution in [0.3, 0.4) is 0 Å². The summed E-state index contributed by atoms with van der Waals surface area (Å²) in [6, 6.07) is 3.17. The first-order chi connectivity index (χ1) is 6.54. The number of nitrogens with two attached hydrogens (primary N) is 1. The Morgan fingerprint density at radius 3 is 2.71 bits per heavy atom. The molecule has 14 heavy (non-hydrogen) atoms. The van der Waals surface area contributed by atoms with Gasteiger partial charge in [0.2, 0.25) is 0 Å². The second-order valence-corrected chi connectivity index (χ2v) is 3.70. The Hall–Kier alpha value is -0.930. The molecule has 0 saturated heterocycles. The summed E-state index contributed by atoms with van der Waals surface area (Å²) in [4.78, 5) is 0. The lowest BCUT2D eigenvalue weighted by molar-refractivity contribution is 0.406. The highest BCUT2D eigenvalue weighted by Crippen LogP contribution is 2.32. The summed E-state index contributed by atoms with van der Waals surface area (Å²) in [6.45, 7) is 1.87. The number of rotatable bonds is 3. The van der Waals surface area contributed by atoms with E-state index >= 15 is 0 Å². The number of methoxy groups -OCH3 is 1. The van der Waals surface area contributed by atoms with Crippen molar-refractivity contribution in [2.45, 2.75) is 19.4 Å². The standard InChI is InChI=1S/C10H14ClNO2/c1-6(12)3-7-4-8(11)10(14-2)5-9(7)13/h4-6,13H,3,12H2,1-2H3. The van der Waals surface area contributed by atoms with E-state index in [9.17, 15) is 5.11 Å². The first kappa shape index (κ1) is 11.1. The summed E-state index contributed by atoms with van der Waals surface area (Å²) in [5, 5.41) is 10.1. The molecule has 78 valence electrons. The van der Waals surface area contributed by atoms with Crippen LogP contribution in [0, 0.1) is 0 Å². The molecule has 1 atom stereocenters. The van der Waals surface area contributed by atoms with Crippen molar-refractivity contribution in [1.29, 1.82) is 0 Å². The maximum absolute atomic E-state index is 9.60. The van der Waals surface area contributed by atoms with Crippen molar-refractivity contribution in [3.8, 4) is 11.5 Å². The third kappa shape index (κ3) is 2.53. The molecule has 0 aliphatic rings. The van der Waals surface area contributed by atoms with E-state index in [0.29, 0.717) is 17.2 Å². The Morgan fingerprint density at radius 1 is 1.57 bits per heavy atom. The van der Waals surface area contributed by atoms with Crippen molar-refractivity contribution in [3.05, 3.63) is 22.7 Å². The van der Waals surface area contributed by atoms with Crippen LogP contribution in [0.15, 0.2) is 12.1 Å². The molecular weight excluding hydrogens is 202 g/mol. The second kappa shape index (κ2) is 4.53. The third-order valence-electron chi connectivity index (χ3n) is 1.89. The zero-order chi connectivity index (χ0) is 10.7. The summed E-state index contributed by atoms with van der Waals surface area (Å²) in [6.07, 6.45) is 0.593. The van der Waals surface area contributed by atoms with Crippen molar-refractivity contribution in [2.24, 2.45) is 5.73 Å². The van der Waals surface area contributed by atoms with E-state index in [1.165, 1.54) is 13.2 Å². The van der Waals surface area contributed by atoms with Gasteiger partial charge in [0, 0.05) is 12.1 Å². The van der Waals surface area contributed by atoms with Gasteiger partial charge in [0.15, 0.2) is 0 Å². The van der Waals surface area contributed by atoms with E-state index in [1.807, 2.05) is 6.92 Å². The molecule has 0 aliphatic carbocycles. The first-order valence-electron chi connectivity index (χ1n) is 4.35. The fourth-order valence-electron chi connectivity index (χ4n) is 1.25. The van der Waals surface area contributed by atoms with Gasteiger partial charge in [-0.1, -0.05) is 11.6 Å². The van der Waals surface area contributed by atoms with E-state index in [2.05, 4.69) is 0 Å². The molecule has 0 spiro atoms. The molecule has 1 aromatic carbocycles. The predicted molar refractivity (Wildman–Crippen MR) is 57.0 cm³/mol. The van der Waals surface area contributed by atoms with Crippen molar-refractivity contribution in [3.63, 3.8) is 0 Å². The number of phenolic OH excluding ortho intramolecular Hbond substituents is 1. The van der Waals surface area contributed by atoms with Gasteiger partial charge in [-0.2, -0.15) is 0 Å². The van der Waals surface area contributed by atoms with E-state index in [0.717, 1.165) is 5.56 Å². The molecule has 1 aromatic rings.